The van der Waals surface area contributed by atoms with Crippen molar-refractivity contribution in [2.24, 2.45) is 0 Å². The van der Waals surface area contributed by atoms with Crippen molar-refractivity contribution in [1.82, 2.24) is 19.8 Å². The summed E-state index contributed by atoms with van der Waals surface area (Å²) in [6.45, 7) is 4.36. The molecule has 4 heterocycles. The summed E-state index contributed by atoms with van der Waals surface area (Å²) < 4.78 is 7.24. The van der Waals surface area contributed by atoms with Gasteiger partial charge < -0.3 is 24.8 Å². The second kappa shape index (κ2) is 9.10. The van der Waals surface area contributed by atoms with Crippen LogP contribution >= 0.6 is 0 Å². The molecule has 2 N–H and O–H groups in total. The molecule has 1 fully saturated rings. The van der Waals surface area contributed by atoms with Gasteiger partial charge in [0, 0.05) is 43.3 Å². The molecule has 1 amide bonds. The lowest BCUT2D eigenvalue weighted by molar-refractivity contribution is -0.118. The molecule has 0 unspecified atom stereocenters. The maximum atomic E-state index is 12.4. The van der Waals surface area contributed by atoms with Crippen molar-refractivity contribution in [2.45, 2.75) is 32.0 Å². The Morgan fingerprint density at radius 3 is 2.84 bits per heavy atom. The highest BCUT2D eigenvalue weighted by Crippen LogP contribution is 2.28. The Kier molecular flexibility index (Phi) is 5.87. The van der Waals surface area contributed by atoms with Crippen LogP contribution in [-0.2, 0) is 17.9 Å². The van der Waals surface area contributed by atoms with E-state index in [0.717, 1.165) is 66.9 Å². The quantitative estimate of drug-likeness (QED) is 0.618. The minimum absolute atomic E-state index is 0.0219. The van der Waals surface area contributed by atoms with Crippen LogP contribution in [0, 0.1) is 0 Å². The predicted molar refractivity (Wildman–Crippen MR) is 123 cm³/mol. The highest BCUT2D eigenvalue weighted by molar-refractivity contribution is 5.95. The molecule has 8 nitrogen and oxygen atoms in total. The number of hydrogen-bond donors (Lipinski definition) is 2. The largest absolute Gasteiger partial charge is 0.482 e. The molecule has 0 atom stereocenters. The molecule has 2 aromatic heterocycles. The molecule has 8 heteroatoms. The van der Waals surface area contributed by atoms with E-state index in [4.69, 9.17) is 4.74 Å². The van der Waals surface area contributed by atoms with E-state index in [1.54, 1.807) is 18.5 Å². The summed E-state index contributed by atoms with van der Waals surface area (Å²) in [5, 5.41) is 7.54. The number of rotatable bonds is 6. The van der Waals surface area contributed by atoms with Crippen LogP contribution in [0.5, 0.6) is 5.75 Å². The van der Waals surface area contributed by atoms with Gasteiger partial charge in [0.25, 0.3) is 11.5 Å². The minimum atomic E-state index is -0.114. The maximum Gasteiger partial charge on any atom is 0.262 e. The smallest absolute Gasteiger partial charge is 0.262 e. The maximum absolute atomic E-state index is 12.4. The number of aromatic nitrogens is 2. The minimum Gasteiger partial charge on any atom is -0.482 e. The number of ether oxygens (including phenoxy) is 1. The Labute approximate surface area is 186 Å². The van der Waals surface area contributed by atoms with Crippen LogP contribution in [0.1, 0.15) is 18.4 Å². The molecule has 166 valence electrons. The topological polar surface area (TPSA) is 88.5 Å². The molecule has 0 aliphatic carbocycles. The van der Waals surface area contributed by atoms with E-state index >= 15 is 0 Å². The van der Waals surface area contributed by atoms with E-state index < -0.39 is 0 Å². The third-order valence-electron chi connectivity index (χ3n) is 6.29. The van der Waals surface area contributed by atoms with Gasteiger partial charge in [0.05, 0.1) is 17.4 Å². The number of likely N-dealkylation sites (tertiary alicyclic amines) is 1. The monoisotopic (exact) mass is 433 g/mol. The lowest BCUT2D eigenvalue weighted by Crippen LogP contribution is -2.43. The summed E-state index contributed by atoms with van der Waals surface area (Å²) in [4.78, 5) is 30.5. The number of fused-ring (bicyclic) bond motifs is 2. The average Bonchev–Trinajstić information content (AvgIpc) is 2.82. The number of amides is 1. The van der Waals surface area contributed by atoms with E-state index in [9.17, 15) is 9.59 Å². The van der Waals surface area contributed by atoms with Gasteiger partial charge in [-0.05, 0) is 55.8 Å². The summed E-state index contributed by atoms with van der Waals surface area (Å²) in [6.07, 6.45) is 5.65. The summed E-state index contributed by atoms with van der Waals surface area (Å²) >= 11 is 0. The molecule has 5 rings (SSSR count). The van der Waals surface area contributed by atoms with Crippen molar-refractivity contribution >= 4 is 22.5 Å². The zero-order valence-electron chi connectivity index (χ0n) is 17.9. The number of anilines is 1. The molecular weight excluding hydrogens is 406 g/mol. The Morgan fingerprint density at radius 2 is 1.97 bits per heavy atom. The number of benzene rings is 1. The Hall–Kier alpha value is -3.23. The normalized spacial score (nSPS) is 17.1. The number of nitrogens with one attached hydrogen (secondary N) is 2. The van der Waals surface area contributed by atoms with E-state index in [1.807, 2.05) is 34.9 Å². The van der Waals surface area contributed by atoms with Crippen LogP contribution in [0.15, 0.2) is 53.6 Å². The van der Waals surface area contributed by atoms with E-state index in [1.165, 1.54) is 0 Å². The Morgan fingerprint density at radius 1 is 1.09 bits per heavy atom. The van der Waals surface area contributed by atoms with Gasteiger partial charge in [-0.25, -0.2) is 0 Å². The third-order valence-corrected chi connectivity index (χ3v) is 6.29. The zero-order valence-corrected chi connectivity index (χ0v) is 17.9. The van der Waals surface area contributed by atoms with Crippen LogP contribution in [0.2, 0.25) is 0 Å². The fourth-order valence-corrected chi connectivity index (χ4v) is 4.47. The first-order chi connectivity index (χ1) is 15.7. The molecule has 1 saturated heterocycles. The van der Waals surface area contributed by atoms with Crippen LogP contribution in [0.4, 0.5) is 5.69 Å². The van der Waals surface area contributed by atoms with E-state index in [2.05, 4.69) is 20.5 Å². The lowest BCUT2D eigenvalue weighted by atomic mass is 10.0. The van der Waals surface area contributed by atoms with Crippen LogP contribution in [0.3, 0.4) is 0 Å². The molecule has 2 aliphatic rings. The van der Waals surface area contributed by atoms with Crippen LogP contribution < -0.4 is 20.9 Å². The fourth-order valence-electron chi connectivity index (χ4n) is 4.47. The highest BCUT2D eigenvalue weighted by Gasteiger charge is 2.20. The second-order valence-corrected chi connectivity index (χ2v) is 8.42. The van der Waals surface area contributed by atoms with Gasteiger partial charge in [0.1, 0.15) is 5.75 Å². The van der Waals surface area contributed by atoms with E-state index in [0.29, 0.717) is 12.6 Å². The molecule has 0 radical (unpaired) electrons. The van der Waals surface area contributed by atoms with Gasteiger partial charge in [-0.1, -0.05) is 6.07 Å². The third kappa shape index (κ3) is 4.51. The zero-order chi connectivity index (χ0) is 21.9. The van der Waals surface area contributed by atoms with Crippen molar-refractivity contribution < 1.29 is 9.53 Å². The summed E-state index contributed by atoms with van der Waals surface area (Å²) in [6, 6.07) is 11.8. The van der Waals surface area contributed by atoms with Gasteiger partial charge >= 0.3 is 0 Å². The molecule has 0 saturated carbocycles. The predicted octanol–water partition coefficient (Wildman–Crippen LogP) is 1.98. The highest BCUT2D eigenvalue weighted by atomic mass is 16.5. The SMILES string of the molecule is O=C1COc2ccc(CNC3CCN(CCn4c(=O)ccc5ccncc54)CC3)cc2N1. The molecule has 3 aromatic rings. The van der Waals surface area contributed by atoms with Crippen LogP contribution in [-0.4, -0.2) is 52.6 Å². The molecular formula is C24H27N5O3. The number of nitrogens with zero attached hydrogens (tertiary/aromatic N) is 3. The molecule has 0 spiro atoms. The van der Waals surface area contributed by atoms with Gasteiger partial charge in [-0.15, -0.1) is 0 Å². The summed E-state index contributed by atoms with van der Waals surface area (Å²) in [5.74, 6) is 0.611. The number of piperidine rings is 1. The first-order valence-electron chi connectivity index (χ1n) is 11.1. The molecule has 0 bridgehead atoms. The van der Waals surface area contributed by atoms with Crippen molar-refractivity contribution in [2.75, 3.05) is 31.6 Å². The van der Waals surface area contributed by atoms with Crippen molar-refractivity contribution in [1.29, 1.82) is 0 Å². The summed E-state index contributed by atoms with van der Waals surface area (Å²) in [7, 11) is 0. The lowest BCUT2D eigenvalue weighted by Gasteiger charge is -2.32. The Balaban J connectivity index is 1.12. The first kappa shape index (κ1) is 20.7. The van der Waals surface area contributed by atoms with Crippen molar-refractivity contribution in [3.8, 4) is 5.75 Å². The molecule has 2 aliphatic heterocycles. The van der Waals surface area contributed by atoms with Crippen LogP contribution in [0.25, 0.3) is 10.9 Å². The van der Waals surface area contributed by atoms with Gasteiger partial charge in [0.2, 0.25) is 0 Å². The van der Waals surface area contributed by atoms with Gasteiger partial charge in [-0.3, -0.25) is 14.6 Å². The van der Waals surface area contributed by atoms with Gasteiger partial charge in [-0.2, -0.15) is 0 Å². The number of pyridine rings is 2. The molecule has 32 heavy (non-hydrogen) atoms. The first-order valence-corrected chi connectivity index (χ1v) is 11.1. The second-order valence-electron chi connectivity index (χ2n) is 8.42. The standard InChI is InChI=1S/C24H27N5O3/c30-23-16-32-22-3-1-17(13-20(22)27-23)14-26-19-6-9-28(10-7-19)11-12-29-21-15-25-8-5-18(21)2-4-24(29)31/h1-5,8,13,15,19,26H,6-7,9-12,14,16H2,(H,27,30). The van der Waals surface area contributed by atoms with Crippen molar-refractivity contribution in [3.05, 3.63) is 64.7 Å². The van der Waals surface area contributed by atoms with Crippen molar-refractivity contribution in [3.63, 3.8) is 0 Å². The van der Waals surface area contributed by atoms with Gasteiger partial charge in [0.15, 0.2) is 6.61 Å². The number of hydrogen-bond acceptors (Lipinski definition) is 6. The number of carbonyl (C=O) groups excluding carboxylic acids is 1. The average molecular weight is 434 g/mol. The number of carbonyl (C=O) groups is 1. The fraction of sp³-hybridized carbons (Fsp3) is 0.375. The summed E-state index contributed by atoms with van der Waals surface area (Å²) in [5.41, 5.74) is 2.78. The van der Waals surface area contributed by atoms with E-state index in [-0.39, 0.29) is 18.1 Å². The Bertz CT molecular complexity index is 1180. The molecule has 1 aromatic carbocycles.